The normalized spacial score (nSPS) is 22.5. The molecule has 0 aromatic carbocycles. The first-order valence-corrected chi connectivity index (χ1v) is 6.09. The maximum absolute atomic E-state index is 12.3. The molecule has 0 N–H and O–H groups in total. The smallest absolute Gasteiger partial charge is 0.435 e. The minimum Gasteiger partial charge on any atom is -0.473 e. The number of alkyl halides is 3. The first-order valence-electron chi connectivity index (χ1n) is 6.09. The Morgan fingerprint density at radius 2 is 2.05 bits per heavy atom. The number of rotatable bonds is 2. The van der Waals surface area contributed by atoms with E-state index in [1.54, 1.807) is 20.8 Å². The van der Waals surface area contributed by atoms with Gasteiger partial charge in [0.25, 0.3) is 0 Å². The molecule has 0 unspecified atom stereocenters. The summed E-state index contributed by atoms with van der Waals surface area (Å²) in [4.78, 5) is 11.6. The van der Waals surface area contributed by atoms with E-state index in [9.17, 15) is 18.0 Å². The van der Waals surface area contributed by atoms with Gasteiger partial charge in [-0.3, -0.25) is 0 Å². The minimum atomic E-state index is -4.25. The molecule has 2 atom stereocenters. The molecule has 1 heterocycles. The van der Waals surface area contributed by atoms with Crippen LogP contribution in [0.4, 0.5) is 18.0 Å². The van der Waals surface area contributed by atoms with E-state index in [0.29, 0.717) is 0 Å². The number of carbonyl (C=O) groups is 1. The molecule has 0 saturated heterocycles. The van der Waals surface area contributed by atoms with E-state index >= 15 is 0 Å². The maximum Gasteiger partial charge on any atom is 0.435 e. The number of ether oxygens (including phenoxy) is 2. The van der Waals surface area contributed by atoms with Gasteiger partial charge in [0.05, 0.1) is 5.92 Å². The Hall–Kier alpha value is -1.73. The van der Waals surface area contributed by atoms with Crippen LogP contribution in [0, 0.1) is 5.92 Å². The van der Waals surface area contributed by atoms with Crippen molar-refractivity contribution in [3.63, 3.8) is 0 Å². The molecule has 1 aliphatic carbocycles. The minimum absolute atomic E-state index is 0.0207. The molecular weight excluding hydrogens is 277 g/mol. The summed E-state index contributed by atoms with van der Waals surface area (Å²) in [7, 11) is 0. The molecule has 1 fully saturated rings. The van der Waals surface area contributed by atoms with Gasteiger partial charge >= 0.3 is 12.3 Å². The first kappa shape index (κ1) is 14.7. The molecule has 1 aromatic rings. The second-order valence-corrected chi connectivity index (χ2v) is 5.62. The third-order valence-corrected chi connectivity index (χ3v) is 2.57. The van der Waals surface area contributed by atoms with E-state index in [2.05, 4.69) is 5.10 Å². The van der Waals surface area contributed by atoms with Gasteiger partial charge in [-0.1, -0.05) is 0 Å². The third-order valence-electron chi connectivity index (χ3n) is 2.57. The monoisotopic (exact) mass is 292 g/mol. The summed E-state index contributed by atoms with van der Waals surface area (Å²) in [6, 6.07) is 1.33. The SMILES string of the molecule is CC(C)(C)OC(=O)n1ccc(O[C@H]2C[C@H]2C(F)(F)F)n1. The Morgan fingerprint density at radius 3 is 2.55 bits per heavy atom. The number of aromatic nitrogens is 2. The van der Waals surface area contributed by atoms with Gasteiger partial charge < -0.3 is 9.47 Å². The number of nitrogens with zero attached hydrogens (tertiary/aromatic N) is 2. The van der Waals surface area contributed by atoms with Crippen LogP contribution in [0.5, 0.6) is 5.88 Å². The molecule has 0 spiro atoms. The number of hydrogen-bond donors (Lipinski definition) is 0. The summed E-state index contributed by atoms with van der Waals surface area (Å²) in [6.45, 7) is 5.10. The Labute approximate surface area is 113 Å². The van der Waals surface area contributed by atoms with E-state index in [-0.39, 0.29) is 12.3 Å². The van der Waals surface area contributed by atoms with Crippen LogP contribution in [0.25, 0.3) is 0 Å². The van der Waals surface area contributed by atoms with Crippen molar-refractivity contribution in [2.45, 2.75) is 45.1 Å². The fourth-order valence-corrected chi connectivity index (χ4v) is 1.58. The summed E-state index contributed by atoms with van der Waals surface area (Å²) in [6.07, 6.45) is -4.68. The molecule has 1 aromatic heterocycles. The molecule has 2 rings (SSSR count). The number of hydrogen-bond acceptors (Lipinski definition) is 4. The van der Waals surface area contributed by atoms with Crippen LogP contribution in [-0.2, 0) is 4.74 Å². The second-order valence-electron chi connectivity index (χ2n) is 5.62. The molecule has 0 radical (unpaired) electrons. The molecular formula is C12H15F3N2O3. The molecule has 0 aliphatic heterocycles. The maximum atomic E-state index is 12.3. The lowest BCUT2D eigenvalue weighted by molar-refractivity contribution is -0.153. The van der Waals surface area contributed by atoms with Crippen LogP contribution in [0.2, 0.25) is 0 Å². The van der Waals surface area contributed by atoms with Crippen molar-refractivity contribution in [2.75, 3.05) is 0 Å². The topological polar surface area (TPSA) is 53.4 Å². The van der Waals surface area contributed by atoms with E-state index in [1.807, 2.05) is 0 Å². The van der Waals surface area contributed by atoms with E-state index in [1.165, 1.54) is 12.3 Å². The van der Waals surface area contributed by atoms with Crippen LogP contribution in [0.1, 0.15) is 27.2 Å². The lowest BCUT2D eigenvalue weighted by Crippen LogP contribution is -2.27. The van der Waals surface area contributed by atoms with Crippen LogP contribution in [0.15, 0.2) is 12.3 Å². The lowest BCUT2D eigenvalue weighted by Gasteiger charge is -2.18. The van der Waals surface area contributed by atoms with Crippen LogP contribution < -0.4 is 4.74 Å². The Balaban J connectivity index is 1.92. The van der Waals surface area contributed by atoms with Crippen molar-refractivity contribution in [3.05, 3.63) is 12.3 Å². The van der Waals surface area contributed by atoms with Gasteiger partial charge in [0.2, 0.25) is 5.88 Å². The number of carbonyl (C=O) groups excluding carboxylic acids is 1. The molecule has 5 nitrogen and oxygen atoms in total. The summed E-state index contributed by atoms with van der Waals surface area (Å²) in [5, 5.41) is 3.74. The predicted molar refractivity (Wildman–Crippen MR) is 62.4 cm³/mol. The third kappa shape index (κ3) is 3.64. The average molecular weight is 292 g/mol. The van der Waals surface area contributed by atoms with E-state index in [4.69, 9.17) is 9.47 Å². The summed E-state index contributed by atoms with van der Waals surface area (Å²) in [5.41, 5.74) is -0.679. The summed E-state index contributed by atoms with van der Waals surface area (Å²) in [5.74, 6) is -1.47. The largest absolute Gasteiger partial charge is 0.473 e. The Bertz CT molecular complexity index is 505. The van der Waals surface area contributed by atoms with E-state index in [0.717, 1.165) is 4.68 Å². The highest BCUT2D eigenvalue weighted by Crippen LogP contribution is 2.46. The van der Waals surface area contributed by atoms with Crippen molar-refractivity contribution in [3.8, 4) is 5.88 Å². The Morgan fingerprint density at radius 1 is 1.40 bits per heavy atom. The zero-order valence-electron chi connectivity index (χ0n) is 11.3. The van der Waals surface area contributed by atoms with Crippen LogP contribution >= 0.6 is 0 Å². The zero-order chi connectivity index (χ0) is 15.1. The van der Waals surface area contributed by atoms with Crippen molar-refractivity contribution in [1.82, 2.24) is 9.78 Å². The highest BCUT2D eigenvalue weighted by molar-refractivity contribution is 5.69. The summed E-state index contributed by atoms with van der Waals surface area (Å²) >= 11 is 0. The second kappa shape index (κ2) is 4.68. The quantitative estimate of drug-likeness (QED) is 0.841. The van der Waals surface area contributed by atoms with Gasteiger partial charge in [-0.2, -0.15) is 17.9 Å². The van der Waals surface area contributed by atoms with E-state index < -0.39 is 29.9 Å². The van der Waals surface area contributed by atoms with Crippen LogP contribution in [-0.4, -0.2) is 33.8 Å². The average Bonchev–Trinajstić information content (AvgIpc) is 2.84. The van der Waals surface area contributed by atoms with Crippen LogP contribution in [0.3, 0.4) is 0 Å². The first-order chi connectivity index (χ1) is 9.06. The van der Waals surface area contributed by atoms with Gasteiger partial charge in [0.15, 0.2) is 0 Å². The molecule has 1 aliphatic rings. The van der Waals surface area contributed by atoms with Gasteiger partial charge in [-0.05, 0) is 27.2 Å². The molecule has 112 valence electrons. The molecule has 0 amide bonds. The lowest BCUT2D eigenvalue weighted by atomic mass is 10.2. The van der Waals surface area contributed by atoms with Crippen molar-refractivity contribution in [1.29, 1.82) is 0 Å². The van der Waals surface area contributed by atoms with Crippen molar-refractivity contribution < 1.29 is 27.4 Å². The molecule has 0 bridgehead atoms. The molecule has 20 heavy (non-hydrogen) atoms. The fraction of sp³-hybridized carbons (Fsp3) is 0.667. The summed E-state index contributed by atoms with van der Waals surface area (Å²) < 4.78 is 48.0. The molecule has 8 heteroatoms. The van der Waals surface area contributed by atoms with Gasteiger partial charge in [-0.15, -0.1) is 5.10 Å². The van der Waals surface area contributed by atoms with Gasteiger partial charge in [-0.25, -0.2) is 4.79 Å². The van der Waals surface area contributed by atoms with Crippen molar-refractivity contribution in [2.24, 2.45) is 5.92 Å². The fourth-order valence-electron chi connectivity index (χ4n) is 1.58. The predicted octanol–water partition coefficient (Wildman–Crippen LogP) is 3.00. The van der Waals surface area contributed by atoms with Crippen molar-refractivity contribution >= 4 is 6.09 Å². The van der Waals surface area contributed by atoms with Gasteiger partial charge in [0.1, 0.15) is 11.7 Å². The van der Waals surface area contributed by atoms with Gasteiger partial charge in [0, 0.05) is 12.3 Å². The zero-order valence-corrected chi connectivity index (χ0v) is 11.3. The number of halogens is 3. The standard InChI is InChI=1S/C12H15F3N2O3/c1-11(2,3)20-10(18)17-5-4-9(16-17)19-8-6-7(8)12(13,14)15/h4-5,7-8H,6H2,1-3H3/t7-,8+/m1/s1. The Kier molecular flexibility index (Phi) is 3.43. The highest BCUT2D eigenvalue weighted by Gasteiger charge is 2.57. The highest BCUT2D eigenvalue weighted by atomic mass is 19.4. The molecule has 1 saturated carbocycles.